The molecule has 0 unspecified atom stereocenters. The van der Waals surface area contributed by atoms with Crippen LogP contribution in [-0.4, -0.2) is 50.3 Å². The molecule has 0 aliphatic carbocycles. The molecule has 1 aliphatic heterocycles. The SMILES string of the molecule is C=CCN1CCN(S(N)(=O)=O)CC1. The van der Waals surface area contributed by atoms with Crippen molar-refractivity contribution in [3.8, 4) is 0 Å². The molecule has 0 spiro atoms. The number of rotatable bonds is 3. The van der Waals surface area contributed by atoms with Gasteiger partial charge in [-0.05, 0) is 0 Å². The van der Waals surface area contributed by atoms with Gasteiger partial charge in [0.05, 0.1) is 0 Å². The van der Waals surface area contributed by atoms with Gasteiger partial charge >= 0.3 is 0 Å². The maximum atomic E-state index is 10.9. The Morgan fingerprint density at radius 1 is 1.31 bits per heavy atom. The van der Waals surface area contributed by atoms with Crippen molar-refractivity contribution in [3.05, 3.63) is 12.7 Å². The number of nitrogens with two attached hydrogens (primary N) is 1. The van der Waals surface area contributed by atoms with Gasteiger partial charge in [0, 0.05) is 32.7 Å². The molecule has 0 radical (unpaired) electrons. The van der Waals surface area contributed by atoms with Crippen LogP contribution in [0.3, 0.4) is 0 Å². The first-order chi connectivity index (χ1) is 6.04. The first-order valence-electron chi connectivity index (χ1n) is 4.15. The van der Waals surface area contributed by atoms with E-state index in [1.807, 2.05) is 6.08 Å². The molecule has 1 heterocycles. The molecular formula is C7H15N3O2S. The van der Waals surface area contributed by atoms with Crippen LogP contribution in [0.15, 0.2) is 12.7 Å². The van der Waals surface area contributed by atoms with Crippen molar-refractivity contribution in [2.24, 2.45) is 5.14 Å². The minimum absolute atomic E-state index is 0.479. The summed E-state index contributed by atoms with van der Waals surface area (Å²) in [4.78, 5) is 2.13. The zero-order chi connectivity index (χ0) is 9.90. The van der Waals surface area contributed by atoms with E-state index in [-0.39, 0.29) is 0 Å². The Morgan fingerprint density at radius 2 is 1.85 bits per heavy atom. The van der Waals surface area contributed by atoms with Crippen LogP contribution in [0.4, 0.5) is 0 Å². The summed E-state index contributed by atoms with van der Waals surface area (Å²) in [6.45, 7) is 6.84. The molecule has 0 atom stereocenters. The molecule has 0 bridgehead atoms. The fourth-order valence-corrected chi connectivity index (χ4v) is 2.02. The fourth-order valence-electron chi connectivity index (χ4n) is 1.35. The summed E-state index contributed by atoms with van der Waals surface area (Å²) in [7, 11) is -3.48. The van der Waals surface area contributed by atoms with Crippen LogP contribution in [0.1, 0.15) is 0 Å². The smallest absolute Gasteiger partial charge is 0.276 e. The second-order valence-electron chi connectivity index (χ2n) is 3.03. The molecule has 0 aromatic rings. The van der Waals surface area contributed by atoms with Crippen molar-refractivity contribution in [2.75, 3.05) is 32.7 Å². The first kappa shape index (κ1) is 10.6. The van der Waals surface area contributed by atoms with E-state index in [9.17, 15) is 8.42 Å². The van der Waals surface area contributed by atoms with E-state index in [1.165, 1.54) is 4.31 Å². The van der Waals surface area contributed by atoms with Crippen molar-refractivity contribution in [1.82, 2.24) is 9.21 Å². The highest BCUT2D eigenvalue weighted by Crippen LogP contribution is 2.03. The summed E-state index contributed by atoms with van der Waals surface area (Å²) in [5, 5.41) is 4.99. The summed E-state index contributed by atoms with van der Waals surface area (Å²) in [5.74, 6) is 0. The monoisotopic (exact) mass is 205 g/mol. The van der Waals surface area contributed by atoms with Crippen molar-refractivity contribution in [2.45, 2.75) is 0 Å². The normalized spacial score (nSPS) is 21.6. The number of hydrogen-bond donors (Lipinski definition) is 1. The predicted molar refractivity (Wildman–Crippen MR) is 51.3 cm³/mol. The second kappa shape index (κ2) is 4.19. The Kier molecular flexibility index (Phi) is 3.43. The number of hydrogen-bond acceptors (Lipinski definition) is 3. The molecule has 1 saturated heterocycles. The average Bonchev–Trinajstić information content (AvgIpc) is 2.04. The zero-order valence-corrected chi connectivity index (χ0v) is 8.33. The molecule has 1 fully saturated rings. The van der Waals surface area contributed by atoms with Gasteiger partial charge in [-0.3, -0.25) is 4.90 Å². The Balaban J connectivity index is 2.43. The lowest BCUT2D eigenvalue weighted by molar-refractivity contribution is 0.204. The predicted octanol–water partition coefficient (Wildman–Crippen LogP) is -1.01. The maximum Gasteiger partial charge on any atom is 0.276 e. The molecule has 2 N–H and O–H groups in total. The van der Waals surface area contributed by atoms with E-state index in [0.29, 0.717) is 13.1 Å². The molecular weight excluding hydrogens is 190 g/mol. The summed E-state index contributed by atoms with van der Waals surface area (Å²) in [6, 6.07) is 0. The van der Waals surface area contributed by atoms with Gasteiger partial charge in [0.1, 0.15) is 0 Å². The minimum atomic E-state index is -3.48. The van der Waals surface area contributed by atoms with E-state index in [2.05, 4.69) is 11.5 Å². The van der Waals surface area contributed by atoms with Gasteiger partial charge in [-0.2, -0.15) is 12.7 Å². The van der Waals surface area contributed by atoms with Crippen LogP contribution in [0.2, 0.25) is 0 Å². The molecule has 0 aromatic carbocycles. The van der Waals surface area contributed by atoms with Crippen LogP contribution in [0.25, 0.3) is 0 Å². The molecule has 1 aliphatic rings. The van der Waals surface area contributed by atoms with E-state index < -0.39 is 10.2 Å². The third-order valence-electron chi connectivity index (χ3n) is 2.08. The lowest BCUT2D eigenvalue weighted by atomic mass is 10.3. The molecule has 0 amide bonds. The van der Waals surface area contributed by atoms with Gasteiger partial charge in [-0.15, -0.1) is 6.58 Å². The largest absolute Gasteiger partial charge is 0.297 e. The molecule has 13 heavy (non-hydrogen) atoms. The number of nitrogens with zero attached hydrogens (tertiary/aromatic N) is 2. The van der Waals surface area contributed by atoms with E-state index >= 15 is 0 Å². The standard InChI is InChI=1S/C7H15N3O2S/c1-2-3-9-4-6-10(7-5-9)13(8,11)12/h2H,1,3-7H2,(H2,8,11,12). The average molecular weight is 205 g/mol. The summed E-state index contributed by atoms with van der Waals surface area (Å²) >= 11 is 0. The summed E-state index contributed by atoms with van der Waals surface area (Å²) in [6.07, 6.45) is 1.81. The van der Waals surface area contributed by atoms with Crippen LogP contribution in [0, 0.1) is 0 Å². The maximum absolute atomic E-state index is 10.9. The van der Waals surface area contributed by atoms with E-state index in [1.54, 1.807) is 0 Å². The zero-order valence-electron chi connectivity index (χ0n) is 7.52. The van der Waals surface area contributed by atoms with Gasteiger partial charge in [0.25, 0.3) is 10.2 Å². The topological polar surface area (TPSA) is 66.6 Å². The Hall–Kier alpha value is -0.430. The molecule has 76 valence electrons. The second-order valence-corrected chi connectivity index (χ2v) is 4.58. The number of piperazine rings is 1. The van der Waals surface area contributed by atoms with Crippen LogP contribution in [-0.2, 0) is 10.2 Å². The highest BCUT2D eigenvalue weighted by molar-refractivity contribution is 7.86. The lowest BCUT2D eigenvalue weighted by Crippen LogP contribution is -2.50. The summed E-state index contributed by atoms with van der Waals surface area (Å²) in [5.41, 5.74) is 0. The van der Waals surface area contributed by atoms with Gasteiger partial charge in [-0.1, -0.05) is 6.08 Å². The lowest BCUT2D eigenvalue weighted by Gasteiger charge is -2.31. The van der Waals surface area contributed by atoms with Gasteiger partial charge in [0.2, 0.25) is 0 Å². The molecule has 0 saturated carbocycles. The minimum Gasteiger partial charge on any atom is -0.297 e. The Labute approximate surface area is 79.0 Å². The fraction of sp³-hybridized carbons (Fsp3) is 0.714. The van der Waals surface area contributed by atoms with Crippen molar-refractivity contribution in [3.63, 3.8) is 0 Å². The summed E-state index contributed by atoms with van der Waals surface area (Å²) < 4.78 is 23.1. The van der Waals surface area contributed by atoms with Crippen LogP contribution >= 0.6 is 0 Å². The Morgan fingerprint density at radius 3 is 2.23 bits per heavy atom. The molecule has 0 aromatic heterocycles. The molecule has 1 rings (SSSR count). The molecule has 6 heteroatoms. The van der Waals surface area contributed by atoms with Gasteiger partial charge in [-0.25, -0.2) is 5.14 Å². The van der Waals surface area contributed by atoms with E-state index in [0.717, 1.165) is 19.6 Å². The van der Waals surface area contributed by atoms with Crippen molar-refractivity contribution < 1.29 is 8.42 Å². The first-order valence-corrected chi connectivity index (χ1v) is 5.65. The highest BCUT2D eigenvalue weighted by atomic mass is 32.2. The Bertz CT molecular complexity index is 267. The van der Waals surface area contributed by atoms with Gasteiger partial charge < -0.3 is 0 Å². The van der Waals surface area contributed by atoms with Crippen molar-refractivity contribution >= 4 is 10.2 Å². The molecule has 5 nitrogen and oxygen atoms in total. The van der Waals surface area contributed by atoms with Crippen LogP contribution < -0.4 is 5.14 Å². The van der Waals surface area contributed by atoms with Gasteiger partial charge in [0.15, 0.2) is 0 Å². The highest BCUT2D eigenvalue weighted by Gasteiger charge is 2.22. The van der Waals surface area contributed by atoms with E-state index in [4.69, 9.17) is 5.14 Å². The quantitative estimate of drug-likeness (QED) is 0.601. The third-order valence-corrected chi connectivity index (χ3v) is 3.16. The van der Waals surface area contributed by atoms with Crippen molar-refractivity contribution in [1.29, 1.82) is 0 Å². The van der Waals surface area contributed by atoms with Crippen LogP contribution in [0.5, 0.6) is 0 Å². The third kappa shape index (κ3) is 3.07.